The smallest absolute Gasteiger partial charge is 0.191 e. The Kier molecular flexibility index (Phi) is 11.5. The van der Waals surface area contributed by atoms with Gasteiger partial charge in [0, 0.05) is 30.8 Å². The number of hydrogen-bond acceptors (Lipinski definition) is 4. The van der Waals surface area contributed by atoms with Gasteiger partial charge in [-0.25, -0.2) is 4.98 Å². The summed E-state index contributed by atoms with van der Waals surface area (Å²) >= 11 is 1.72. The number of halogens is 1. The molecule has 1 aromatic carbocycles. The van der Waals surface area contributed by atoms with Crippen molar-refractivity contribution < 1.29 is 5.11 Å². The number of nitrogens with zero attached hydrogens (tertiary/aromatic N) is 2. The van der Waals surface area contributed by atoms with Gasteiger partial charge in [-0.1, -0.05) is 37.3 Å². The Morgan fingerprint density at radius 1 is 1.23 bits per heavy atom. The molecule has 0 aliphatic carbocycles. The summed E-state index contributed by atoms with van der Waals surface area (Å²) in [6, 6.07) is 10.0. The zero-order chi connectivity index (χ0) is 17.9. The predicted molar refractivity (Wildman–Crippen MR) is 121 cm³/mol. The standard InChI is InChI=1S/C19H28N4OS.HI/c1-3-18-23-17(14-25-18)10-11-21-19(20-4-2)22-12-16(13-24)15-8-6-5-7-9-15;/h5-9,14,16,24H,3-4,10-13H2,1-2H3,(H2,20,21,22);1H. The summed E-state index contributed by atoms with van der Waals surface area (Å²) in [5.74, 6) is 0.796. The van der Waals surface area contributed by atoms with Crippen molar-refractivity contribution in [2.24, 2.45) is 4.99 Å². The molecule has 1 aromatic heterocycles. The summed E-state index contributed by atoms with van der Waals surface area (Å²) in [4.78, 5) is 9.21. The van der Waals surface area contributed by atoms with Crippen molar-refractivity contribution in [3.05, 3.63) is 52.0 Å². The number of aliphatic imine (C=N–C) groups is 1. The Balaban J connectivity index is 0.00000338. The van der Waals surface area contributed by atoms with Crippen molar-refractivity contribution in [2.75, 3.05) is 26.2 Å². The van der Waals surface area contributed by atoms with Crippen LogP contribution in [0.15, 0.2) is 40.7 Å². The van der Waals surface area contributed by atoms with Crippen molar-refractivity contribution in [2.45, 2.75) is 32.6 Å². The Labute approximate surface area is 177 Å². The van der Waals surface area contributed by atoms with E-state index < -0.39 is 0 Å². The summed E-state index contributed by atoms with van der Waals surface area (Å²) in [5.41, 5.74) is 2.24. The molecule has 2 aromatic rings. The van der Waals surface area contributed by atoms with Gasteiger partial charge in [-0.2, -0.15) is 0 Å². The normalized spacial score (nSPS) is 12.3. The van der Waals surface area contributed by atoms with Crippen molar-refractivity contribution in [3.63, 3.8) is 0 Å². The molecule has 0 fully saturated rings. The van der Waals surface area contributed by atoms with E-state index in [0.29, 0.717) is 6.54 Å². The first kappa shape index (κ1) is 22.9. The number of hydrogen-bond donors (Lipinski definition) is 3. The molecule has 0 aliphatic heterocycles. The molecular formula is C19H29IN4OS. The van der Waals surface area contributed by atoms with Crippen LogP contribution in [0.1, 0.15) is 36.0 Å². The highest BCUT2D eigenvalue weighted by atomic mass is 127. The SMILES string of the molecule is CCNC(=NCC(CO)c1ccccc1)NCCc1csc(CC)n1.I. The third-order valence-electron chi connectivity index (χ3n) is 3.88. The summed E-state index contributed by atoms with van der Waals surface area (Å²) in [5, 5.41) is 19.6. The molecule has 1 unspecified atom stereocenters. The Bertz CT molecular complexity index is 648. The number of aryl methyl sites for hydroxylation is 1. The molecule has 0 spiro atoms. The van der Waals surface area contributed by atoms with Crippen LogP contribution in [0.2, 0.25) is 0 Å². The van der Waals surface area contributed by atoms with Gasteiger partial charge in [0.25, 0.3) is 0 Å². The highest BCUT2D eigenvalue weighted by Gasteiger charge is 2.10. The summed E-state index contributed by atoms with van der Waals surface area (Å²) in [7, 11) is 0. The lowest BCUT2D eigenvalue weighted by molar-refractivity contribution is 0.268. The quantitative estimate of drug-likeness (QED) is 0.288. The molecule has 0 saturated carbocycles. The van der Waals surface area contributed by atoms with Crippen LogP contribution in [0, 0.1) is 0 Å². The van der Waals surface area contributed by atoms with Crippen molar-refractivity contribution in [3.8, 4) is 0 Å². The van der Waals surface area contributed by atoms with Crippen LogP contribution in [-0.2, 0) is 12.8 Å². The van der Waals surface area contributed by atoms with Gasteiger partial charge in [0.05, 0.1) is 23.9 Å². The van der Waals surface area contributed by atoms with Gasteiger partial charge in [0.2, 0.25) is 0 Å². The van der Waals surface area contributed by atoms with Gasteiger partial charge in [-0.3, -0.25) is 4.99 Å². The molecule has 1 atom stereocenters. The number of aromatic nitrogens is 1. The molecule has 3 N–H and O–H groups in total. The van der Waals surface area contributed by atoms with Crippen LogP contribution in [0.25, 0.3) is 0 Å². The molecule has 7 heteroatoms. The van der Waals surface area contributed by atoms with Crippen LogP contribution in [0.5, 0.6) is 0 Å². The second kappa shape index (κ2) is 13.1. The molecule has 1 heterocycles. The molecule has 0 saturated heterocycles. The zero-order valence-electron chi connectivity index (χ0n) is 15.4. The fourth-order valence-corrected chi connectivity index (χ4v) is 3.25. The van der Waals surface area contributed by atoms with Crippen LogP contribution < -0.4 is 10.6 Å². The summed E-state index contributed by atoms with van der Waals surface area (Å²) < 4.78 is 0. The van der Waals surface area contributed by atoms with E-state index in [1.165, 1.54) is 5.01 Å². The van der Waals surface area contributed by atoms with Crippen molar-refractivity contribution in [1.29, 1.82) is 0 Å². The van der Waals surface area contributed by atoms with Gasteiger partial charge in [0.15, 0.2) is 5.96 Å². The van der Waals surface area contributed by atoms with Gasteiger partial charge in [0.1, 0.15) is 0 Å². The minimum absolute atomic E-state index is 0. The maximum atomic E-state index is 9.66. The molecule has 0 amide bonds. The first-order chi connectivity index (χ1) is 12.3. The molecule has 5 nitrogen and oxygen atoms in total. The van der Waals surface area contributed by atoms with Crippen LogP contribution >= 0.6 is 35.3 Å². The Morgan fingerprint density at radius 2 is 2.00 bits per heavy atom. The number of thiazole rings is 1. The van der Waals surface area contributed by atoms with Gasteiger partial charge < -0.3 is 15.7 Å². The monoisotopic (exact) mass is 488 g/mol. The third-order valence-corrected chi connectivity index (χ3v) is 4.92. The average molecular weight is 488 g/mol. The summed E-state index contributed by atoms with van der Waals surface area (Å²) in [6.45, 7) is 6.40. The van der Waals surface area contributed by atoms with E-state index in [1.54, 1.807) is 11.3 Å². The van der Waals surface area contributed by atoms with E-state index in [4.69, 9.17) is 0 Å². The first-order valence-corrected chi connectivity index (χ1v) is 9.76. The van der Waals surface area contributed by atoms with Gasteiger partial charge in [-0.15, -0.1) is 35.3 Å². The van der Waals surface area contributed by atoms with E-state index in [1.807, 2.05) is 37.3 Å². The zero-order valence-corrected chi connectivity index (χ0v) is 18.6. The first-order valence-electron chi connectivity index (χ1n) is 8.88. The molecular weight excluding hydrogens is 459 g/mol. The van der Waals surface area contributed by atoms with Gasteiger partial charge in [-0.05, 0) is 18.9 Å². The molecule has 144 valence electrons. The van der Waals surface area contributed by atoms with E-state index in [9.17, 15) is 5.11 Å². The maximum Gasteiger partial charge on any atom is 0.191 e. The van der Waals surface area contributed by atoms with Crippen molar-refractivity contribution >= 4 is 41.3 Å². The Morgan fingerprint density at radius 3 is 2.62 bits per heavy atom. The van der Waals surface area contributed by atoms with E-state index in [2.05, 4.69) is 32.9 Å². The summed E-state index contributed by atoms with van der Waals surface area (Å²) in [6.07, 6.45) is 1.87. The highest BCUT2D eigenvalue weighted by Crippen LogP contribution is 2.15. The number of rotatable bonds is 9. The minimum Gasteiger partial charge on any atom is -0.396 e. The topological polar surface area (TPSA) is 69.5 Å². The molecule has 0 bridgehead atoms. The fraction of sp³-hybridized carbons (Fsp3) is 0.474. The lowest BCUT2D eigenvalue weighted by Gasteiger charge is -2.15. The second-order valence-electron chi connectivity index (χ2n) is 5.77. The molecule has 0 radical (unpaired) electrons. The van der Waals surface area contributed by atoms with E-state index in [-0.39, 0.29) is 36.5 Å². The third kappa shape index (κ3) is 7.59. The molecule has 26 heavy (non-hydrogen) atoms. The van der Waals surface area contributed by atoms with Crippen LogP contribution in [0.3, 0.4) is 0 Å². The number of nitrogens with one attached hydrogen (secondary N) is 2. The van der Waals surface area contributed by atoms with E-state index in [0.717, 1.165) is 43.1 Å². The maximum absolute atomic E-state index is 9.66. The highest BCUT2D eigenvalue weighted by molar-refractivity contribution is 14.0. The van der Waals surface area contributed by atoms with E-state index >= 15 is 0 Å². The predicted octanol–water partition coefficient (Wildman–Crippen LogP) is 3.20. The number of guanidine groups is 1. The van der Waals surface area contributed by atoms with Gasteiger partial charge >= 0.3 is 0 Å². The molecule has 2 rings (SSSR count). The number of benzene rings is 1. The minimum atomic E-state index is 0. The number of aliphatic hydroxyl groups is 1. The largest absolute Gasteiger partial charge is 0.396 e. The second-order valence-corrected chi connectivity index (χ2v) is 6.72. The lowest BCUT2D eigenvalue weighted by Crippen LogP contribution is -2.38. The Hall–Kier alpha value is -1.19. The lowest BCUT2D eigenvalue weighted by atomic mass is 10.0. The number of aliphatic hydroxyl groups excluding tert-OH is 1. The van der Waals surface area contributed by atoms with Crippen LogP contribution in [-0.4, -0.2) is 42.3 Å². The average Bonchev–Trinajstić information content (AvgIpc) is 3.11. The molecule has 0 aliphatic rings. The van der Waals surface area contributed by atoms with Crippen LogP contribution in [0.4, 0.5) is 0 Å². The fourth-order valence-electron chi connectivity index (χ4n) is 2.47. The van der Waals surface area contributed by atoms with Crippen molar-refractivity contribution in [1.82, 2.24) is 15.6 Å².